The molecule has 6 heteroatoms. The molecule has 1 atom stereocenters. The Morgan fingerprint density at radius 1 is 0.968 bits per heavy atom. The summed E-state index contributed by atoms with van der Waals surface area (Å²) in [5, 5.41) is 2.90. The molecule has 158 valence electrons. The van der Waals surface area contributed by atoms with Gasteiger partial charge in [-0.1, -0.05) is 12.1 Å². The molecule has 0 radical (unpaired) electrons. The molecule has 1 aliphatic rings. The average Bonchev–Trinajstić information content (AvgIpc) is 3.17. The van der Waals surface area contributed by atoms with Crippen molar-refractivity contribution in [2.75, 3.05) is 23.9 Å². The number of hydrogen-bond donors (Lipinski definition) is 1. The second kappa shape index (κ2) is 8.92. The van der Waals surface area contributed by atoms with E-state index >= 15 is 0 Å². The van der Waals surface area contributed by atoms with Gasteiger partial charge >= 0.3 is 0 Å². The van der Waals surface area contributed by atoms with Crippen LogP contribution in [0.2, 0.25) is 0 Å². The molecule has 31 heavy (non-hydrogen) atoms. The molecule has 0 aromatic heterocycles. The molecule has 0 unspecified atom stereocenters. The molecule has 0 spiro atoms. The van der Waals surface area contributed by atoms with Gasteiger partial charge in [-0.3, -0.25) is 9.59 Å². The lowest BCUT2D eigenvalue weighted by Gasteiger charge is -2.17. The zero-order valence-electron chi connectivity index (χ0n) is 17.5. The van der Waals surface area contributed by atoms with Crippen LogP contribution in [0.3, 0.4) is 0 Å². The van der Waals surface area contributed by atoms with Crippen LogP contribution in [-0.4, -0.2) is 25.5 Å². The molecule has 3 aromatic rings. The number of benzene rings is 3. The Balaban J connectivity index is 1.36. The van der Waals surface area contributed by atoms with Gasteiger partial charge in [0.25, 0.3) is 0 Å². The van der Waals surface area contributed by atoms with Crippen LogP contribution in [0.25, 0.3) is 0 Å². The number of nitrogens with one attached hydrogen (secondary N) is 1. The molecule has 2 amide bonds. The minimum Gasteiger partial charge on any atom is -0.497 e. The number of anilines is 2. The van der Waals surface area contributed by atoms with E-state index < -0.39 is 5.92 Å². The van der Waals surface area contributed by atoms with Crippen LogP contribution in [-0.2, 0) is 9.59 Å². The molecule has 0 aliphatic carbocycles. The fourth-order valence-electron chi connectivity index (χ4n) is 3.56. The summed E-state index contributed by atoms with van der Waals surface area (Å²) in [5.41, 5.74) is 2.55. The first-order valence-corrected chi connectivity index (χ1v) is 10.1. The maximum absolute atomic E-state index is 12.7. The maximum atomic E-state index is 12.7. The molecular weight excluding hydrogens is 392 g/mol. The molecule has 6 nitrogen and oxygen atoms in total. The molecule has 1 N–H and O–H groups in total. The van der Waals surface area contributed by atoms with Crippen molar-refractivity contribution in [3.63, 3.8) is 0 Å². The van der Waals surface area contributed by atoms with Crippen LogP contribution >= 0.6 is 0 Å². The van der Waals surface area contributed by atoms with E-state index in [9.17, 15) is 9.59 Å². The molecule has 1 heterocycles. The fraction of sp³-hybridized carbons (Fsp3) is 0.200. The number of methoxy groups -OCH3 is 1. The largest absolute Gasteiger partial charge is 0.497 e. The first-order chi connectivity index (χ1) is 15.0. The molecule has 1 saturated heterocycles. The van der Waals surface area contributed by atoms with E-state index in [1.54, 1.807) is 48.4 Å². The van der Waals surface area contributed by atoms with Crippen LogP contribution in [0.15, 0.2) is 72.8 Å². The summed E-state index contributed by atoms with van der Waals surface area (Å²) in [5.74, 6) is 1.53. The van der Waals surface area contributed by atoms with Gasteiger partial charge < -0.3 is 19.7 Å². The van der Waals surface area contributed by atoms with Crippen molar-refractivity contribution in [2.24, 2.45) is 5.92 Å². The quantitative estimate of drug-likeness (QED) is 0.628. The third kappa shape index (κ3) is 4.86. The smallest absolute Gasteiger partial charge is 0.229 e. The highest BCUT2D eigenvalue weighted by Gasteiger charge is 2.35. The Labute approximate surface area is 181 Å². The van der Waals surface area contributed by atoms with E-state index in [1.165, 1.54) is 0 Å². The van der Waals surface area contributed by atoms with E-state index in [0.717, 1.165) is 22.7 Å². The van der Waals surface area contributed by atoms with Crippen molar-refractivity contribution in [2.45, 2.75) is 13.3 Å². The Bertz CT molecular complexity index is 1080. The van der Waals surface area contributed by atoms with Crippen molar-refractivity contribution in [3.05, 3.63) is 78.4 Å². The number of amides is 2. The van der Waals surface area contributed by atoms with Crippen LogP contribution in [0.1, 0.15) is 12.0 Å². The van der Waals surface area contributed by atoms with Crippen LogP contribution < -0.4 is 19.7 Å². The Hall–Kier alpha value is -3.80. The van der Waals surface area contributed by atoms with E-state index in [-0.39, 0.29) is 18.2 Å². The first kappa shape index (κ1) is 20.5. The normalized spacial score (nSPS) is 15.6. The average molecular weight is 416 g/mol. The number of carbonyl (C=O) groups is 2. The topological polar surface area (TPSA) is 67.9 Å². The summed E-state index contributed by atoms with van der Waals surface area (Å²) in [6, 6.07) is 22.3. The van der Waals surface area contributed by atoms with E-state index in [0.29, 0.717) is 18.0 Å². The van der Waals surface area contributed by atoms with E-state index in [4.69, 9.17) is 9.47 Å². The molecule has 0 saturated carbocycles. The number of nitrogens with zero attached hydrogens (tertiary/aromatic N) is 1. The summed E-state index contributed by atoms with van der Waals surface area (Å²) in [6.45, 7) is 2.36. The minimum absolute atomic E-state index is 0.0628. The second-order valence-electron chi connectivity index (χ2n) is 7.54. The number of hydrogen-bond acceptors (Lipinski definition) is 4. The summed E-state index contributed by atoms with van der Waals surface area (Å²) in [4.78, 5) is 26.8. The summed E-state index contributed by atoms with van der Waals surface area (Å²) >= 11 is 0. The molecule has 4 rings (SSSR count). The highest BCUT2D eigenvalue weighted by molar-refractivity contribution is 6.03. The predicted molar refractivity (Wildman–Crippen MR) is 120 cm³/mol. The molecular formula is C25H24N2O4. The summed E-state index contributed by atoms with van der Waals surface area (Å²) in [7, 11) is 1.59. The highest BCUT2D eigenvalue weighted by atomic mass is 16.5. The lowest BCUT2D eigenvalue weighted by molar-refractivity contribution is -0.122. The Morgan fingerprint density at radius 2 is 1.68 bits per heavy atom. The van der Waals surface area contributed by atoms with Crippen LogP contribution in [0, 0.1) is 12.8 Å². The maximum Gasteiger partial charge on any atom is 0.229 e. The van der Waals surface area contributed by atoms with Gasteiger partial charge in [0.1, 0.15) is 17.2 Å². The predicted octanol–water partition coefficient (Wildman–Crippen LogP) is 4.79. The van der Waals surface area contributed by atoms with Gasteiger partial charge in [0.05, 0.1) is 13.0 Å². The van der Waals surface area contributed by atoms with Gasteiger partial charge in [-0.25, -0.2) is 0 Å². The van der Waals surface area contributed by atoms with Crippen LogP contribution in [0.4, 0.5) is 11.4 Å². The lowest BCUT2D eigenvalue weighted by Crippen LogP contribution is -2.28. The first-order valence-electron chi connectivity index (χ1n) is 10.1. The molecule has 1 aliphatic heterocycles. The lowest BCUT2D eigenvalue weighted by atomic mass is 10.1. The van der Waals surface area contributed by atoms with Crippen molar-refractivity contribution in [1.29, 1.82) is 0 Å². The molecule has 3 aromatic carbocycles. The minimum atomic E-state index is -0.405. The van der Waals surface area contributed by atoms with Gasteiger partial charge in [-0.15, -0.1) is 0 Å². The third-order valence-electron chi connectivity index (χ3n) is 5.23. The molecule has 1 fully saturated rings. The van der Waals surface area contributed by atoms with Crippen LogP contribution in [0.5, 0.6) is 17.2 Å². The van der Waals surface area contributed by atoms with Crippen molar-refractivity contribution in [1.82, 2.24) is 0 Å². The SMILES string of the molecule is COc1ccc(N2C[C@H](C(=O)Nc3ccc(Oc4cccc(C)c4)cc3)CC2=O)cc1. The number of aryl methyl sites for hydroxylation is 1. The summed E-state index contributed by atoms with van der Waals surface area (Å²) < 4.78 is 11.0. The standard InChI is InChI=1S/C25H24N2O4/c1-17-4-3-5-23(14-17)31-22-10-6-19(7-11-22)26-25(29)18-15-24(28)27(16-18)20-8-12-21(30-2)13-9-20/h3-14,18H,15-16H2,1-2H3,(H,26,29)/t18-/m1/s1. The highest BCUT2D eigenvalue weighted by Crippen LogP contribution is 2.28. The number of carbonyl (C=O) groups excluding carboxylic acids is 2. The third-order valence-corrected chi connectivity index (χ3v) is 5.23. The summed E-state index contributed by atoms with van der Waals surface area (Å²) in [6.07, 6.45) is 0.187. The van der Waals surface area contributed by atoms with Gasteiger partial charge in [-0.2, -0.15) is 0 Å². The Kier molecular flexibility index (Phi) is 5.89. The van der Waals surface area contributed by atoms with Gasteiger partial charge in [0.2, 0.25) is 11.8 Å². The fourth-order valence-corrected chi connectivity index (χ4v) is 3.56. The zero-order chi connectivity index (χ0) is 21.8. The van der Waals surface area contributed by atoms with Crippen molar-refractivity contribution in [3.8, 4) is 17.2 Å². The zero-order valence-corrected chi connectivity index (χ0v) is 17.5. The number of ether oxygens (including phenoxy) is 2. The Morgan fingerprint density at radius 3 is 2.35 bits per heavy atom. The number of rotatable bonds is 6. The van der Waals surface area contributed by atoms with Crippen molar-refractivity contribution >= 4 is 23.2 Å². The van der Waals surface area contributed by atoms with Gasteiger partial charge in [0, 0.05) is 24.3 Å². The van der Waals surface area contributed by atoms with Gasteiger partial charge in [-0.05, 0) is 73.2 Å². The van der Waals surface area contributed by atoms with E-state index in [1.807, 2.05) is 43.3 Å². The van der Waals surface area contributed by atoms with Gasteiger partial charge in [0.15, 0.2) is 0 Å². The van der Waals surface area contributed by atoms with Crippen molar-refractivity contribution < 1.29 is 19.1 Å². The molecule has 0 bridgehead atoms. The van der Waals surface area contributed by atoms with E-state index in [2.05, 4.69) is 5.32 Å². The second-order valence-corrected chi connectivity index (χ2v) is 7.54. The monoisotopic (exact) mass is 416 g/mol.